The van der Waals surface area contributed by atoms with Crippen molar-refractivity contribution in [3.05, 3.63) is 77.4 Å². The van der Waals surface area contributed by atoms with E-state index in [1.54, 1.807) is 6.07 Å². The molecule has 1 heterocycles. The molecule has 0 saturated heterocycles. The van der Waals surface area contributed by atoms with Crippen LogP contribution in [-0.2, 0) is 30.9 Å². The topological polar surface area (TPSA) is 110 Å². The summed E-state index contributed by atoms with van der Waals surface area (Å²) in [5.74, 6) is -4.16. The fraction of sp³-hybridized carbons (Fsp3) is 0.385. The average Bonchev–Trinajstić information content (AvgIpc) is 3.04. The number of ether oxygens (including phenoxy) is 2. The largest absolute Gasteiger partial charge is 0.481 e. The maximum Gasteiger partial charge on any atom is 0.313 e. The number of fused-ring (bicyclic) bond motifs is 1. The molecule has 0 bridgehead atoms. The number of hydrogen-bond acceptors (Lipinski definition) is 6. The van der Waals surface area contributed by atoms with E-state index < -0.39 is 50.4 Å². The molecule has 11 heteroatoms. The highest BCUT2D eigenvalue weighted by Gasteiger charge is 2.64. The molecule has 0 fully saturated rings. The Kier molecular flexibility index (Phi) is 7.49. The fourth-order valence-electron chi connectivity index (χ4n) is 4.93. The molecule has 4 unspecified atom stereocenters. The summed E-state index contributed by atoms with van der Waals surface area (Å²) in [6.45, 7) is 3.05. The maximum atomic E-state index is 13.4. The number of carboxylic acids is 1. The Morgan fingerprint density at radius 3 is 2.30 bits per heavy atom. The molecule has 4 atom stereocenters. The van der Waals surface area contributed by atoms with Crippen molar-refractivity contribution in [1.29, 1.82) is 0 Å². The van der Waals surface area contributed by atoms with E-state index in [2.05, 4.69) is 0 Å². The third kappa shape index (κ3) is 4.68. The smallest absolute Gasteiger partial charge is 0.313 e. The number of aliphatic carboxylic acids is 1. The van der Waals surface area contributed by atoms with Crippen LogP contribution in [0.3, 0.4) is 0 Å². The number of halogens is 2. The summed E-state index contributed by atoms with van der Waals surface area (Å²) in [7, 11) is -3.06. The van der Waals surface area contributed by atoms with Crippen LogP contribution in [0, 0.1) is 11.8 Å². The van der Waals surface area contributed by atoms with E-state index in [1.807, 2.05) is 44.2 Å². The minimum atomic E-state index is -4.31. The second-order valence-corrected chi connectivity index (χ2v) is 12.5. The number of hydrogen-bond donors (Lipinski definition) is 1. The molecule has 0 aromatic heterocycles. The van der Waals surface area contributed by atoms with Crippen LogP contribution in [0.15, 0.2) is 71.1 Å². The van der Waals surface area contributed by atoms with Crippen molar-refractivity contribution in [2.75, 3.05) is 13.7 Å². The van der Waals surface area contributed by atoms with Crippen molar-refractivity contribution >= 4 is 45.1 Å². The average molecular weight is 568 g/mol. The van der Waals surface area contributed by atoms with Gasteiger partial charge in [0.15, 0.2) is 5.06 Å². The van der Waals surface area contributed by atoms with Crippen molar-refractivity contribution < 1.29 is 32.6 Å². The monoisotopic (exact) mass is 567 g/mol. The molecule has 1 aliphatic heterocycles. The first-order valence-electron chi connectivity index (χ1n) is 11.6. The quantitative estimate of drug-likeness (QED) is 0.374. The number of nitrogens with zero attached hydrogens (tertiary/aromatic N) is 1. The molecule has 8 nitrogen and oxygen atoms in total. The molecule has 1 aliphatic carbocycles. The van der Waals surface area contributed by atoms with Crippen LogP contribution in [0.1, 0.15) is 29.8 Å². The fourth-order valence-corrected chi connectivity index (χ4v) is 7.66. The number of carbonyl (C=O) groups is 2. The van der Waals surface area contributed by atoms with Gasteiger partial charge in [0.05, 0.1) is 18.7 Å². The highest BCUT2D eigenvalue weighted by atomic mass is 35.5. The number of methoxy groups -OCH3 is 1. The number of sulfonamides is 1. The lowest BCUT2D eigenvalue weighted by Crippen LogP contribution is -2.65. The summed E-state index contributed by atoms with van der Waals surface area (Å²) in [4.78, 5) is 23.7. The van der Waals surface area contributed by atoms with Gasteiger partial charge in [-0.25, -0.2) is 12.7 Å². The number of carboxylic acid groups (broad SMARTS) is 1. The number of rotatable bonds is 8. The van der Waals surface area contributed by atoms with Crippen molar-refractivity contribution in [3.8, 4) is 0 Å². The van der Waals surface area contributed by atoms with Gasteiger partial charge in [0.25, 0.3) is 15.9 Å². The van der Waals surface area contributed by atoms with Gasteiger partial charge >= 0.3 is 5.97 Å². The predicted molar refractivity (Wildman–Crippen MR) is 138 cm³/mol. The van der Waals surface area contributed by atoms with Gasteiger partial charge in [0.2, 0.25) is 0 Å². The van der Waals surface area contributed by atoms with Gasteiger partial charge < -0.3 is 14.6 Å². The molecule has 0 saturated carbocycles. The Bertz CT molecular complexity index is 1350. The van der Waals surface area contributed by atoms with Gasteiger partial charge in [-0.2, -0.15) is 0 Å². The SMILES string of the molecule is COC1(Cl)C=C(C(C)C)C(OCc2ccccc2)C(Cl)(CN2C(=O)c3ccccc3S2(=O)=O)C1C(=O)O. The molecular formula is C26H27Cl2NO7S. The maximum absolute atomic E-state index is 13.4. The second kappa shape index (κ2) is 10.0. The van der Waals surface area contributed by atoms with Crippen LogP contribution in [0.25, 0.3) is 0 Å². The second-order valence-electron chi connectivity index (χ2n) is 9.39. The van der Waals surface area contributed by atoms with Gasteiger partial charge in [-0.15, -0.1) is 11.6 Å². The van der Waals surface area contributed by atoms with E-state index in [1.165, 1.54) is 31.4 Å². The summed E-state index contributed by atoms with van der Waals surface area (Å²) >= 11 is 14.0. The molecule has 1 N–H and O–H groups in total. The van der Waals surface area contributed by atoms with Gasteiger partial charge in [-0.3, -0.25) is 9.59 Å². The van der Waals surface area contributed by atoms with E-state index in [0.29, 0.717) is 9.88 Å². The van der Waals surface area contributed by atoms with E-state index in [4.69, 9.17) is 32.7 Å². The summed E-state index contributed by atoms with van der Waals surface area (Å²) in [5, 5.41) is 8.39. The zero-order chi connectivity index (χ0) is 27.2. The first-order valence-corrected chi connectivity index (χ1v) is 13.8. The third-order valence-electron chi connectivity index (χ3n) is 6.76. The molecule has 0 radical (unpaired) electrons. The zero-order valence-electron chi connectivity index (χ0n) is 20.4. The summed E-state index contributed by atoms with van der Waals surface area (Å²) in [6.07, 6.45) is 0.354. The Balaban J connectivity index is 1.86. The Morgan fingerprint density at radius 1 is 1.11 bits per heavy atom. The molecule has 2 aromatic rings. The number of alkyl halides is 2. The first kappa shape index (κ1) is 27.6. The lowest BCUT2D eigenvalue weighted by Gasteiger charge is -2.50. The Morgan fingerprint density at radius 2 is 1.73 bits per heavy atom. The first-order chi connectivity index (χ1) is 17.4. The molecule has 2 aromatic carbocycles. The van der Waals surface area contributed by atoms with Crippen molar-refractivity contribution in [3.63, 3.8) is 0 Å². The third-order valence-corrected chi connectivity index (χ3v) is 9.56. The predicted octanol–water partition coefficient (Wildman–Crippen LogP) is 4.27. The van der Waals surface area contributed by atoms with Gasteiger partial charge in [-0.1, -0.05) is 67.9 Å². The Hall–Kier alpha value is -2.43. The summed E-state index contributed by atoms with van der Waals surface area (Å²) in [5.41, 5.74) is 1.31. The van der Waals surface area contributed by atoms with Gasteiger partial charge in [0, 0.05) is 7.11 Å². The number of amides is 1. The van der Waals surface area contributed by atoms with Crippen LogP contribution >= 0.6 is 23.2 Å². The van der Waals surface area contributed by atoms with E-state index in [-0.39, 0.29) is 23.0 Å². The van der Waals surface area contributed by atoms with Crippen molar-refractivity contribution in [2.45, 2.75) is 41.4 Å². The minimum absolute atomic E-state index is 0.0179. The highest BCUT2D eigenvalue weighted by molar-refractivity contribution is 7.90. The molecular weight excluding hydrogens is 541 g/mol. The lowest BCUT2D eigenvalue weighted by molar-refractivity contribution is -0.153. The molecule has 198 valence electrons. The summed E-state index contributed by atoms with van der Waals surface area (Å²) < 4.78 is 39.1. The van der Waals surface area contributed by atoms with Crippen molar-refractivity contribution in [1.82, 2.24) is 4.31 Å². The van der Waals surface area contributed by atoms with Crippen LogP contribution in [0.5, 0.6) is 0 Å². The lowest BCUT2D eigenvalue weighted by atomic mass is 9.71. The molecule has 2 aliphatic rings. The van der Waals surface area contributed by atoms with Crippen LogP contribution < -0.4 is 0 Å². The molecule has 1 amide bonds. The number of carbonyl (C=O) groups excluding carboxylic acids is 1. The van der Waals surface area contributed by atoms with E-state index >= 15 is 0 Å². The number of benzene rings is 2. The van der Waals surface area contributed by atoms with E-state index in [0.717, 1.165) is 5.56 Å². The van der Waals surface area contributed by atoms with Crippen molar-refractivity contribution in [2.24, 2.45) is 11.8 Å². The minimum Gasteiger partial charge on any atom is -0.481 e. The molecule has 4 rings (SSSR count). The zero-order valence-corrected chi connectivity index (χ0v) is 22.8. The normalized spacial score (nSPS) is 28.8. The van der Waals surface area contributed by atoms with Gasteiger partial charge in [0.1, 0.15) is 21.8 Å². The van der Waals surface area contributed by atoms with Gasteiger partial charge in [-0.05, 0) is 35.3 Å². The Labute approximate surface area is 225 Å². The van der Waals surface area contributed by atoms with Crippen LogP contribution in [0.2, 0.25) is 0 Å². The molecule has 37 heavy (non-hydrogen) atoms. The summed E-state index contributed by atoms with van der Waals surface area (Å²) in [6, 6.07) is 14.9. The standard InChI is InChI=1S/C26H27Cl2NO7S/c1-16(2)19-13-26(28,35-3)21(24(31)32)25(27,22(19)36-14-17-9-5-4-6-10-17)15-29-23(30)18-11-7-8-12-20(18)37(29,33)34/h4-13,16,21-22H,14-15H2,1-3H3,(H,31,32). The van der Waals surface area contributed by atoms with Crippen LogP contribution in [-0.4, -0.2) is 59.4 Å². The van der Waals surface area contributed by atoms with Crippen LogP contribution in [0.4, 0.5) is 0 Å². The highest BCUT2D eigenvalue weighted by Crippen LogP contribution is 2.52. The van der Waals surface area contributed by atoms with E-state index in [9.17, 15) is 23.1 Å². The molecule has 0 spiro atoms.